The minimum absolute atomic E-state index is 0.0822. The molecular weight excluding hydrogens is 258 g/mol. The molecule has 2 atom stereocenters. The molecule has 110 valence electrons. The molecule has 1 amide bonds. The van der Waals surface area contributed by atoms with Crippen molar-refractivity contribution in [3.8, 4) is 0 Å². The fourth-order valence-corrected chi connectivity index (χ4v) is 1.83. The van der Waals surface area contributed by atoms with Gasteiger partial charge in [-0.3, -0.25) is 14.9 Å². The SMILES string of the molecule is CCC(C)C(C)Nc1ccc(C(=O)NC)cc1[N+](=O)[O-]. The van der Waals surface area contributed by atoms with Crippen LogP contribution < -0.4 is 10.6 Å². The number of nitrogens with one attached hydrogen (secondary N) is 2. The Kier molecular flexibility index (Phi) is 5.49. The number of amides is 1. The first-order valence-electron chi connectivity index (χ1n) is 6.67. The lowest BCUT2D eigenvalue weighted by Crippen LogP contribution is -2.24. The van der Waals surface area contributed by atoms with Crippen LogP contribution in [0.3, 0.4) is 0 Å². The smallest absolute Gasteiger partial charge is 0.293 e. The lowest BCUT2D eigenvalue weighted by Gasteiger charge is -2.21. The molecular formula is C14H21N3O3. The zero-order valence-corrected chi connectivity index (χ0v) is 12.3. The molecule has 1 rings (SSSR count). The van der Waals surface area contributed by atoms with E-state index in [0.717, 1.165) is 6.42 Å². The third-order valence-electron chi connectivity index (χ3n) is 3.56. The minimum atomic E-state index is -0.474. The van der Waals surface area contributed by atoms with E-state index in [1.807, 2.05) is 6.92 Å². The van der Waals surface area contributed by atoms with Gasteiger partial charge in [0.25, 0.3) is 11.6 Å². The number of hydrogen-bond donors (Lipinski definition) is 2. The first kappa shape index (κ1) is 15.9. The van der Waals surface area contributed by atoms with Gasteiger partial charge in [-0.15, -0.1) is 0 Å². The van der Waals surface area contributed by atoms with Crippen molar-refractivity contribution in [1.82, 2.24) is 5.32 Å². The Bertz CT molecular complexity index is 502. The summed E-state index contributed by atoms with van der Waals surface area (Å²) in [6.45, 7) is 6.15. The topological polar surface area (TPSA) is 84.3 Å². The van der Waals surface area contributed by atoms with Crippen LogP contribution in [0.5, 0.6) is 0 Å². The van der Waals surface area contributed by atoms with E-state index in [0.29, 0.717) is 11.6 Å². The summed E-state index contributed by atoms with van der Waals surface area (Å²) >= 11 is 0. The molecule has 0 bridgehead atoms. The van der Waals surface area contributed by atoms with Crippen molar-refractivity contribution in [2.24, 2.45) is 5.92 Å². The second kappa shape index (κ2) is 6.88. The standard InChI is InChI=1S/C14H21N3O3/c1-5-9(2)10(3)16-12-7-6-11(14(18)15-4)8-13(12)17(19)20/h6-10,16H,5H2,1-4H3,(H,15,18). The summed E-state index contributed by atoms with van der Waals surface area (Å²) in [6.07, 6.45) is 0.984. The summed E-state index contributed by atoms with van der Waals surface area (Å²) in [5, 5.41) is 16.7. The molecule has 0 aliphatic heterocycles. The number of carbonyl (C=O) groups excluding carboxylic acids is 1. The highest BCUT2D eigenvalue weighted by molar-refractivity contribution is 5.95. The molecule has 0 aliphatic rings. The summed E-state index contributed by atoms with van der Waals surface area (Å²) in [5.74, 6) is 0.0582. The normalized spacial score (nSPS) is 13.4. The molecule has 0 saturated heterocycles. The van der Waals surface area contributed by atoms with E-state index in [2.05, 4.69) is 24.5 Å². The summed E-state index contributed by atoms with van der Waals surface area (Å²) < 4.78 is 0. The van der Waals surface area contributed by atoms with Gasteiger partial charge in [-0.2, -0.15) is 0 Å². The monoisotopic (exact) mass is 279 g/mol. The van der Waals surface area contributed by atoms with E-state index in [4.69, 9.17) is 0 Å². The molecule has 6 nitrogen and oxygen atoms in total. The molecule has 0 radical (unpaired) electrons. The van der Waals surface area contributed by atoms with Gasteiger partial charge in [-0.25, -0.2) is 0 Å². The van der Waals surface area contributed by atoms with Crippen molar-refractivity contribution in [2.75, 3.05) is 12.4 Å². The molecule has 2 unspecified atom stereocenters. The minimum Gasteiger partial charge on any atom is -0.377 e. The lowest BCUT2D eigenvalue weighted by molar-refractivity contribution is -0.384. The van der Waals surface area contributed by atoms with Crippen LogP contribution >= 0.6 is 0 Å². The van der Waals surface area contributed by atoms with Crippen LogP contribution in [0.4, 0.5) is 11.4 Å². The molecule has 0 heterocycles. The molecule has 0 saturated carbocycles. The Morgan fingerprint density at radius 3 is 2.55 bits per heavy atom. The van der Waals surface area contributed by atoms with Crippen molar-refractivity contribution in [3.05, 3.63) is 33.9 Å². The van der Waals surface area contributed by atoms with Crippen molar-refractivity contribution in [2.45, 2.75) is 33.2 Å². The first-order valence-corrected chi connectivity index (χ1v) is 6.67. The zero-order chi connectivity index (χ0) is 15.3. The second-order valence-corrected chi connectivity index (χ2v) is 4.89. The number of rotatable bonds is 6. The van der Waals surface area contributed by atoms with Gasteiger partial charge < -0.3 is 10.6 Å². The molecule has 20 heavy (non-hydrogen) atoms. The Balaban J connectivity index is 3.08. The Hall–Kier alpha value is -2.11. The molecule has 0 spiro atoms. The van der Waals surface area contributed by atoms with Crippen LogP contribution in [0.1, 0.15) is 37.6 Å². The van der Waals surface area contributed by atoms with Gasteiger partial charge in [0.1, 0.15) is 5.69 Å². The molecule has 0 fully saturated rings. The van der Waals surface area contributed by atoms with Crippen LogP contribution in [0.25, 0.3) is 0 Å². The maximum absolute atomic E-state index is 11.5. The Morgan fingerprint density at radius 2 is 2.05 bits per heavy atom. The van der Waals surface area contributed by atoms with Gasteiger partial charge >= 0.3 is 0 Å². The summed E-state index contributed by atoms with van der Waals surface area (Å²) in [6, 6.07) is 4.58. The van der Waals surface area contributed by atoms with Gasteiger partial charge in [0, 0.05) is 24.7 Å². The summed E-state index contributed by atoms with van der Waals surface area (Å²) in [4.78, 5) is 22.2. The van der Waals surface area contributed by atoms with Crippen LogP contribution in [-0.4, -0.2) is 23.9 Å². The molecule has 1 aromatic carbocycles. The molecule has 2 N–H and O–H groups in total. The second-order valence-electron chi connectivity index (χ2n) is 4.89. The number of nitrogens with zero attached hydrogens (tertiary/aromatic N) is 1. The van der Waals surface area contributed by atoms with E-state index in [9.17, 15) is 14.9 Å². The van der Waals surface area contributed by atoms with Crippen LogP contribution in [0, 0.1) is 16.0 Å². The van der Waals surface area contributed by atoms with Gasteiger partial charge in [-0.1, -0.05) is 20.3 Å². The van der Waals surface area contributed by atoms with Crippen LogP contribution in [0.2, 0.25) is 0 Å². The molecule has 0 aliphatic carbocycles. The predicted molar refractivity (Wildman–Crippen MR) is 79.0 cm³/mol. The largest absolute Gasteiger partial charge is 0.377 e. The van der Waals surface area contributed by atoms with Crippen molar-refractivity contribution in [1.29, 1.82) is 0 Å². The van der Waals surface area contributed by atoms with E-state index < -0.39 is 4.92 Å². The quantitative estimate of drug-likeness (QED) is 0.619. The summed E-state index contributed by atoms with van der Waals surface area (Å²) in [5.41, 5.74) is 0.637. The zero-order valence-electron chi connectivity index (χ0n) is 12.3. The third-order valence-corrected chi connectivity index (χ3v) is 3.56. The van der Waals surface area contributed by atoms with E-state index >= 15 is 0 Å². The van der Waals surface area contributed by atoms with Gasteiger partial charge in [0.15, 0.2) is 0 Å². The lowest BCUT2D eigenvalue weighted by atomic mass is 10.0. The number of nitro benzene ring substituents is 1. The number of anilines is 1. The fraction of sp³-hybridized carbons (Fsp3) is 0.500. The van der Waals surface area contributed by atoms with Gasteiger partial charge in [0.05, 0.1) is 4.92 Å². The third kappa shape index (κ3) is 3.69. The van der Waals surface area contributed by atoms with E-state index in [1.165, 1.54) is 13.1 Å². The van der Waals surface area contributed by atoms with Crippen LogP contribution in [0.15, 0.2) is 18.2 Å². The molecule has 6 heteroatoms. The van der Waals surface area contributed by atoms with Gasteiger partial charge in [-0.05, 0) is 25.0 Å². The van der Waals surface area contributed by atoms with Crippen molar-refractivity contribution >= 4 is 17.3 Å². The average Bonchev–Trinajstić information content (AvgIpc) is 2.45. The fourth-order valence-electron chi connectivity index (χ4n) is 1.83. The maximum atomic E-state index is 11.5. The number of benzene rings is 1. The maximum Gasteiger partial charge on any atom is 0.293 e. The number of carbonyl (C=O) groups is 1. The Labute approximate surface area is 118 Å². The van der Waals surface area contributed by atoms with Crippen LogP contribution in [-0.2, 0) is 0 Å². The van der Waals surface area contributed by atoms with E-state index in [-0.39, 0.29) is 23.2 Å². The highest BCUT2D eigenvalue weighted by atomic mass is 16.6. The Morgan fingerprint density at radius 1 is 1.40 bits per heavy atom. The molecule has 0 aromatic heterocycles. The summed E-state index contributed by atoms with van der Waals surface area (Å²) in [7, 11) is 1.49. The molecule has 1 aromatic rings. The first-order chi connectivity index (χ1) is 9.40. The highest BCUT2D eigenvalue weighted by Gasteiger charge is 2.19. The van der Waals surface area contributed by atoms with Crippen molar-refractivity contribution < 1.29 is 9.72 Å². The van der Waals surface area contributed by atoms with Crippen molar-refractivity contribution in [3.63, 3.8) is 0 Å². The highest BCUT2D eigenvalue weighted by Crippen LogP contribution is 2.27. The number of nitro groups is 1. The average molecular weight is 279 g/mol. The number of hydrogen-bond acceptors (Lipinski definition) is 4. The predicted octanol–water partition coefficient (Wildman–Crippen LogP) is 2.80. The van der Waals surface area contributed by atoms with Gasteiger partial charge in [0.2, 0.25) is 0 Å². The van der Waals surface area contributed by atoms with E-state index in [1.54, 1.807) is 12.1 Å².